The lowest BCUT2D eigenvalue weighted by molar-refractivity contribution is -0.121. The molecule has 1 fully saturated rings. The molecule has 6 heteroatoms. The number of aromatic nitrogens is 3. The van der Waals surface area contributed by atoms with Crippen LogP contribution in [0.3, 0.4) is 0 Å². The van der Waals surface area contributed by atoms with Crippen LogP contribution in [0.15, 0.2) is 36.7 Å². The van der Waals surface area contributed by atoms with Crippen LogP contribution in [0.5, 0.6) is 0 Å². The van der Waals surface area contributed by atoms with Gasteiger partial charge in [-0.1, -0.05) is 42.3 Å². The summed E-state index contributed by atoms with van der Waals surface area (Å²) in [6, 6.07) is 8.55. The molecule has 25 heavy (non-hydrogen) atoms. The molecule has 2 heterocycles. The minimum Gasteiger partial charge on any atom is -0.352 e. The van der Waals surface area contributed by atoms with Gasteiger partial charge in [0.15, 0.2) is 0 Å². The van der Waals surface area contributed by atoms with Gasteiger partial charge < -0.3 is 5.32 Å². The van der Waals surface area contributed by atoms with E-state index in [1.165, 1.54) is 44.3 Å². The molecule has 0 spiro atoms. The number of hydrogen-bond donors (Lipinski definition) is 1. The number of nitrogens with zero attached hydrogens (tertiary/aromatic N) is 4. The Hall–Kier alpha value is -2.21. The number of nitrogens with one attached hydrogen (secondary N) is 1. The number of benzene rings is 1. The Bertz CT molecular complexity index is 648. The molecule has 0 atom stereocenters. The fourth-order valence-corrected chi connectivity index (χ4v) is 3.25. The number of hydrogen-bond acceptors (Lipinski definition) is 4. The predicted octanol–water partition coefficient (Wildman–Crippen LogP) is 2.36. The smallest absolute Gasteiger partial charge is 0.222 e. The maximum absolute atomic E-state index is 12.0. The fraction of sp³-hybridized carbons (Fsp3) is 0.526. The molecule has 0 unspecified atom stereocenters. The van der Waals surface area contributed by atoms with Crippen LogP contribution in [0.4, 0.5) is 0 Å². The van der Waals surface area contributed by atoms with Crippen molar-refractivity contribution in [2.75, 3.05) is 13.1 Å². The average molecular weight is 341 g/mol. The van der Waals surface area contributed by atoms with E-state index >= 15 is 0 Å². The highest BCUT2D eigenvalue weighted by atomic mass is 16.1. The summed E-state index contributed by atoms with van der Waals surface area (Å²) in [6.07, 6.45) is 9.13. The highest BCUT2D eigenvalue weighted by molar-refractivity contribution is 5.75. The molecule has 1 aromatic heterocycles. The van der Waals surface area contributed by atoms with Crippen molar-refractivity contribution in [2.45, 2.75) is 51.7 Å². The van der Waals surface area contributed by atoms with E-state index in [0.717, 1.165) is 12.1 Å². The summed E-state index contributed by atoms with van der Waals surface area (Å²) in [4.78, 5) is 14.5. The SMILES string of the molecule is O=C(CCn1ccnn1)NCc1cccc(CN2CCCCCC2)c1. The molecule has 6 nitrogen and oxygen atoms in total. The van der Waals surface area contributed by atoms with Crippen molar-refractivity contribution in [3.05, 3.63) is 47.8 Å². The van der Waals surface area contributed by atoms with Gasteiger partial charge in [0.05, 0.1) is 12.7 Å². The van der Waals surface area contributed by atoms with Crippen molar-refractivity contribution in [1.82, 2.24) is 25.2 Å². The molecule has 1 aliphatic rings. The first-order chi connectivity index (χ1) is 12.3. The van der Waals surface area contributed by atoms with Crippen molar-refractivity contribution in [3.8, 4) is 0 Å². The first-order valence-corrected chi connectivity index (χ1v) is 9.20. The lowest BCUT2D eigenvalue weighted by atomic mass is 10.1. The molecule has 3 rings (SSSR count). The zero-order chi connectivity index (χ0) is 17.3. The van der Waals surface area contributed by atoms with Gasteiger partial charge in [-0.05, 0) is 37.1 Å². The zero-order valence-corrected chi connectivity index (χ0v) is 14.7. The number of aryl methyl sites for hydroxylation is 1. The lowest BCUT2D eigenvalue weighted by Crippen LogP contribution is -2.25. The van der Waals surface area contributed by atoms with E-state index in [9.17, 15) is 4.79 Å². The van der Waals surface area contributed by atoms with E-state index in [1.54, 1.807) is 17.1 Å². The maximum atomic E-state index is 12.0. The van der Waals surface area contributed by atoms with Gasteiger partial charge in [-0.15, -0.1) is 5.10 Å². The first kappa shape index (κ1) is 17.6. The lowest BCUT2D eigenvalue weighted by Gasteiger charge is -2.20. The van der Waals surface area contributed by atoms with Crippen LogP contribution in [0.1, 0.15) is 43.2 Å². The van der Waals surface area contributed by atoms with E-state index in [0.29, 0.717) is 19.5 Å². The molecule has 1 amide bonds. The van der Waals surface area contributed by atoms with Gasteiger partial charge in [0, 0.05) is 25.7 Å². The van der Waals surface area contributed by atoms with E-state index in [-0.39, 0.29) is 5.91 Å². The van der Waals surface area contributed by atoms with Crippen LogP contribution in [-0.2, 0) is 24.4 Å². The van der Waals surface area contributed by atoms with Gasteiger partial charge in [0.2, 0.25) is 5.91 Å². The largest absolute Gasteiger partial charge is 0.352 e. The summed E-state index contributed by atoms with van der Waals surface area (Å²) < 4.78 is 1.67. The van der Waals surface area contributed by atoms with Crippen molar-refractivity contribution < 1.29 is 4.79 Å². The quantitative estimate of drug-likeness (QED) is 0.840. The summed E-state index contributed by atoms with van der Waals surface area (Å²) >= 11 is 0. The Balaban J connectivity index is 1.45. The monoisotopic (exact) mass is 341 g/mol. The second-order valence-corrected chi connectivity index (χ2v) is 6.70. The van der Waals surface area contributed by atoms with Crippen molar-refractivity contribution in [1.29, 1.82) is 0 Å². The highest BCUT2D eigenvalue weighted by Crippen LogP contribution is 2.14. The van der Waals surface area contributed by atoms with E-state index in [2.05, 4.69) is 44.8 Å². The van der Waals surface area contributed by atoms with Crippen LogP contribution in [-0.4, -0.2) is 38.9 Å². The summed E-state index contributed by atoms with van der Waals surface area (Å²) in [5.41, 5.74) is 2.48. The van der Waals surface area contributed by atoms with Gasteiger partial charge in [0.25, 0.3) is 0 Å². The molecular weight excluding hydrogens is 314 g/mol. The van der Waals surface area contributed by atoms with E-state index < -0.39 is 0 Å². The molecule has 2 aromatic rings. The number of amides is 1. The van der Waals surface area contributed by atoms with Gasteiger partial charge >= 0.3 is 0 Å². The number of likely N-dealkylation sites (tertiary alicyclic amines) is 1. The Labute approximate surface area is 149 Å². The molecule has 0 radical (unpaired) electrons. The Morgan fingerprint density at radius 1 is 1.12 bits per heavy atom. The van der Waals surface area contributed by atoms with Crippen LogP contribution < -0.4 is 5.32 Å². The number of carbonyl (C=O) groups excluding carboxylic acids is 1. The molecule has 0 bridgehead atoms. The summed E-state index contributed by atoms with van der Waals surface area (Å²) in [6.45, 7) is 4.53. The third-order valence-corrected chi connectivity index (χ3v) is 4.63. The van der Waals surface area contributed by atoms with Crippen molar-refractivity contribution in [2.24, 2.45) is 0 Å². The van der Waals surface area contributed by atoms with Crippen LogP contribution in [0, 0.1) is 0 Å². The summed E-state index contributed by atoms with van der Waals surface area (Å²) in [5, 5.41) is 10.6. The van der Waals surface area contributed by atoms with Crippen LogP contribution >= 0.6 is 0 Å². The fourth-order valence-electron chi connectivity index (χ4n) is 3.25. The molecule has 1 aliphatic heterocycles. The zero-order valence-electron chi connectivity index (χ0n) is 14.7. The van der Waals surface area contributed by atoms with Gasteiger partial charge in [0.1, 0.15) is 0 Å². The third-order valence-electron chi connectivity index (χ3n) is 4.63. The van der Waals surface area contributed by atoms with Gasteiger partial charge in [-0.3, -0.25) is 14.4 Å². The number of carbonyl (C=O) groups is 1. The molecule has 134 valence electrons. The normalized spacial score (nSPS) is 15.7. The number of rotatable bonds is 7. The van der Waals surface area contributed by atoms with Gasteiger partial charge in [-0.2, -0.15) is 0 Å². The highest BCUT2D eigenvalue weighted by Gasteiger charge is 2.10. The molecule has 1 saturated heterocycles. The van der Waals surface area contributed by atoms with E-state index in [1.807, 2.05) is 0 Å². The van der Waals surface area contributed by atoms with Gasteiger partial charge in [-0.25, -0.2) is 0 Å². The predicted molar refractivity (Wildman–Crippen MR) is 96.7 cm³/mol. The van der Waals surface area contributed by atoms with Crippen LogP contribution in [0.2, 0.25) is 0 Å². The molecule has 1 N–H and O–H groups in total. The summed E-state index contributed by atoms with van der Waals surface area (Å²) in [5.74, 6) is 0.0356. The Morgan fingerprint density at radius 3 is 2.68 bits per heavy atom. The average Bonchev–Trinajstić information content (AvgIpc) is 3.02. The van der Waals surface area contributed by atoms with E-state index in [4.69, 9.17) is 0 Å². The molecule has 0 aliphatic carbocycles. The second kappa shape index (κ2) is 9.32. The van der Waals surface area contributed by atoms with Crippen molar-refractivity contribution >= 4 is 5.91 Å². The Kier molecular flexibility index (Phi) is 6.56. The second-order valence-electron chi connectivity index (χ2n) is 6.70. The Morgan fingerprint density at radius 2 is 1.92 bits per heavy atom. The van der Waals surface area contributed by atoms with Crippen LogP contribution in [0.25, 0.3) is 0 Å². The molecule has 1 aromatic carbocycles. The summed E-state index contributed by atoms with van der Waals surface area (Å²) in [7, 11) is 0. The topological polar surface area (TPSA) is 63.1 Å². The molecule has 0 saturated carbocycles. The minimum absolute atomic E-state index is 0.0356. The third kappa shape index (κ3) is 5.98. The van der Waals surface area contributed by atoms with Crippen molar-refractivity contribution in [3.63, 3.8) is 0 Å². The molecular formula is C19H27N5O. The minimum atomic E-state index is 0.0356. The standard InChI is InChI=1S/C19H27N5O/c25-19(8-12-24-13-9-21-22-24)20-15-17-6-5-7-18(14-17)16-23-10-3-1-2-4-11-23/h5-7,9,13-14H,1-4,8,10-12,15-16H2,(H,20,25). The maximum Gasteiger partial charge on any atom is 0.222 e. The first-order valence-electron chi connectivity index (χ1n) is 9.20.